The van der Waals surface area contributed by atoms with Gasteiger partial charge in [-0.05, 0) is 31.0 Å². The van der Waals surface area contributed by atoms with Gasteiger partial charge >= 0.3 is 16.9 Å². The summed E-state index contributed by atoms with van der Waals surface area (Å²) in [5, 5.41) is 51.6. The Morgan fingerprint density at radius 2 is 1.82 bits per heavy atom. The third-order valence-corrected chi connectivity index (χ3v) is 4.76. The number of H-pyrrole nitrogens is 1. The Morgan fingerprint density at radius 3 is 2.46 bits per heavy atom. The molecule has 0 aromatic heterocycles. The molecule has 0 fully saturated rings. The predicted octanol–water partition coefficient (Wildman–Crippen LogP) is -2.49. The zero-order chi connectivity index (χ0) is 20.7. The summed E-state index contributed by atoms with van der Waals surface area (Å²) < 4.78 is 1.63. The van der Waals surface area contributed by atoms with Crippen LogP contribution in [0.3, 0.4) is 0 Å². The number of hydrogen-bond acceptors (Lipinski definition) is 8. The number of nitrogens with zero attached hydrogens (tertiary/aromatic N) is 3. The number of aromatic nitrogens is 4. The predicted molar refractivity (Wildman–Crippen MR) is 96.8 cm³/mol. The second-order valence-corrected chi connectivity index (χ2v) is 6.68. The molecule has 0 bridgehead atoms. The van der Waals surface area contributed by atoms with Gasteiger partial charge in [0.15, 0.2) is 0 Å². The van der Waals surface area contributed by atoms with Crippen LogP contribution < -0.4 is 16.0 Å². The van der Waals surface area contributed by atoms with E-state index in [1.165, 1.54) is 4.57 Å². The van der Waals surface area contributed by atoms with Crippen LogP contribution in [0.1, 0.15) is 11.1 Å². The van der Waals surface area contributed by atoms with Crippen LogP contribution in [0.4, 0.5) is 0 Å². The lowest BCUT2D eigenvalue weighted by Gasteiger charge is -2.24. The third-order valence-electron chi connectivity index (χ3n) is 4.76. The maximum absolute atomic E-state index is 12.8. The van der Waals surface area contributed by atoms with Crippen LogP contribution >= 0.6 is 0 Å². The molecule has 5 N–H and O–H groups in total. The average Bonchev–Trinajstić information content (AvgIpc) is 2.64. The highest BCUT2D eigenvalue weighted by Crippen LogP contribution is 2.23. The Balaban J connectivity index is 2.35. The first-order valence-corrected chi connectivity index (χ1v) is 8.48. The normalized spacial score (nSPS) is 15.1. The molecule has 0 saturated carbocycles. The first-order valence-electron chi connectivity index (χ1n) is 8.48. The van der Waals surface area contributed by atoms with Crippen molar-refractivity contribution >= 4 is 11.0 Å². The summed E-state index contributed by atoms with van der Waals surface area (Å²) in [6, 6.07) is 3.19. The molecule has 2 aliphatic heterocycles. The summed E-state index contributed by atoms with van der Waals surface area (Å²) in [6.07, 6.45) is -4.89. The van der Waals surface area contributed by atoms with Crippen molar-refractivity contribution in [1.82, 2.24) is 14.5 Å². The van der Waals surface area contributed by atoms with Crippen molar-refractivity contribution < 1.29 is 25.2 Å². The number of rotatable bonds is 5. The van der Waals surface area contributed by atoms with Gasteiger partial charge in [-0.2, -0.15) is 9.71 Å². The van der Waals surface area contributed by atoms with Crippen LogP contribution in [0.2, 0.25) is 0 Å². The minimum atomic E-state index is -1.71. The Kier molecular flexibility index (Phi) is 5.17. The molecule has 0 spiro atoms. The van der Waals surface area contributed by atoms with Crippen molar-refractivity contribution in [2.24, 2.45) is 0 Å². The third kappa shape index (κ3) is 3.24. The second-order valence-electron chi connectivity index (χ2n) is 6.68. The molecular formula is C17H20N4O7. The van der Waals surface area contributed by atoms with Crippen LogP contribution in [0.5, 0.6) is 0 Å². The summed E-state index contributed by atoms with van der Waals surface area (Å²) in [6.45, 7) is 2.40. The lowest BCUT2D eigenvalue weighted by molar-refractivity contribution is -0.566. The van der Waals surface area contributed by atoms with E-state index < -0.39 is 48.4 Å². The lowest BCUT2D eigenvalue weighted by atomic mass is 10.1. The zero-order valence-electron chi connectivity index (χ0n) is 15.2. The van der Waals surface area contributed by atoms with E-state index in [-0.39, 0.29) is 16.9 Å². The van der Waals surface area contributed by atoms with Gasteiger partial charge in [-0.25, -0.2) is 4.79 Å². The summed E-state index contributed by atoms with van der Waals surface area (Å²) >= 11 is 0. The quantitative estimate of drug-likeness (QED) is 0.180. The van der Waals surface area contributed by atoms with Crippen molar-refractivity contribution in [2.75, 3.05) is 6.61 Å². The molecule has 0 unspecified atom stereocenters. The van der Waals surface area contributed by atoms with Crippen molar-refractivity contribution in [3.05, 3.63) is 49.3 Å². The molecule has 1 aromatic rings. The highest BCUT2D eigenvalue weighted by atomic mass is 16.5. The highest BCUT2D eigenvalue weighted by Gasteiger charge is 2.31. The Morgan fingerprint density at radius 1 is 1.18 bits per heavy atom. The molecule has 150 valence electrons. The van der Waals surface area contributed by atoms with Gasteiger partial charge in [-0.15, -0.1) is 0 Å². The number of benzene rings is 1. The van der Waals surface area contributed by atoms with Gasteiger partial charge in [0.25, 0.3) is 0 Å². The fourth-order valence-electron chi connectivity index (χ4n) is 3.05. The van der Waals surface area contributed by atoms with Crippen LogP contribution in [0.25, 0.3) is 22.6 Å². The Labute approximate surface area is 157 Å². The average molecular weight is 392 g/mol. The monoisotopic (exact) mass is 392 g/mol. The van der Waals surface area contributed by atoms with E-state index in [9.17, 15) is 30.1 Å². The number of aliphatic hydroxyl groups excluding tert-OH is 4. The fraction of sp³-hybridized carbons (Fsp3) is 0.412. The number of hydrogen-bond donors (Lipinski definition) is 5. The Hall–Kier alpha value is -2.86. The van der Waals surface area contributed by atoms with Gasteiger partial charge in [0.2, 0.25) is 11.3 Å². The van der Waals surface area contributed by atoms with E-state index in [4.69, 9.17) is 5.11 Å². The van der Waals surface area contributed by atoms with Crippen molar-refractivity contribution in [3.8, 4) is 11.5 Å². The van der Waals surface area contributed by atoms with Gasteiger partial charge in [0.1, 0.15) is 23.8 Å². The molecule has 3 rings (SSSR count). The number of nitrogens with one attached hydrogen (secondary N) is 1. The van der Waals surface area contributed by atoms with E-state index >= 15 is 0 Å². The van der Waals surface area contributed by atoms with E-state index in [1.807, 2.05) is 4.98 Å². The number of aryl methyl sites for hydroxylation is 2. The molecule has 0 aliphatic carbocycles. The lowest BCUT2D eigenvalue weighted by Crippen LogP contribution is -2.45. The maximum Gasteiger partial charge on any atom is 0.350 e. The smallest absolute Gasteiger partial charge is 0.350 e. The van der Waals surface area contributed by atoms with E-state index in [2.05, 4.69) is 4.98 Å². The molecule has 2 heterocycles. The van der Waals surface area contributed by atoms with Gasteiger partial charge in [0, 0.05) is 6.07 Å². The topological polar surface area (TPSA) is 176 Å². The summed E-state index contributed by atoms with van der Waals surface area (Å²) in [5.74, 6) is -0.274. The molecule has 3 atom stereocenters. The number of aliphatic hydroxyl groups is 4. The molecule has 11 nitrogen and oxygen atoms in total. The maximum atomic E-state index is 12.8. The molecular weight excluding hydrogens is 372 g/mol. The van der Waals surface area contributed by atoms with E-state index in [0.29, 0.717) is 4.73 Å². The van der Waals surface area contributed by atoms with Crippen LogP contribution in [0, 0.1) is 19.1 Å². The zero-order valence-corrected chi connectivity index (χ0v) is 15.2. The van der Waals surface area contributed by atoms with Crippen LogP contribution in [-0.2, 0) is 6.54 Å². The minimum absolute atomic E-state index is 0.103. The number of aromatic amines is 1. The molecule has 0 amide bonds. The van der Waals surface area contributed by atoms with Gasteiger partial charge in [0.05, 0.1) is 13.2 Å². The van der Waals surface area contributed by atoms with Crippen LogP contribution in [0.15, 0.2) is 21.7 Å². The fourth-order valence-corrected chi connectivity index (χ4v) is 3.05. The molecule has 2 aliphatic rings. The largest absolute Gasteiger partial charge is 0.618 e. The standard InChI is InChI=1S/C17H20N4O7/c1-7-3-9-10(4-8(7)2)21(28)13-15(18-17(27)19-16(13)26)20(9)5-11(23)14(25)12(24)6-22/h3-4,11-12,14,22-25H,5-6H2,1-2H3,(H,19,26,27)/t11-,12+,14+/m0/s1. The van der Waals surface area contributed by atoms with Gasteiger partial charge in [-0.1, -0.05) is 0 Å². The van der Waals surface area contributed by atoms with Crippen LogP contribution in [-0.4, -0.2) is 59.9 Å². The SMILES string of the molecule is Cc1cc2c(cc1C)[n+]([O-])c1c(=O)[nH]c(=O)nc-1n2C[C@H](O)[C@@H](O)[C@H](O)CO. The molecule has 0 saturated heterocycles. The second kappa shape index (κ2) is 7.28. The highest BCUT2D eigenvalue weighted by molar-refractivity contribution is 5.77. The molecule has 1 aromatic carbocycles. The van der Waals surface area contributed by atoms with E-state index in [0.717, 1.165) is 11.1 Å². The first kappa shape index (κ1) is 19.9. The summed E-state index contributed by atoms with van der Waals surface area (Å²) in [7, 11) is 0. The van der Waals surface area contributed by atoms with Crippen molar-refractivity contribution in [2.45, 2.75) is 38.7 Å². The summed E-state index contributed by atoms with van der Waals surface area (Å²) in [5.41, 5.74) is -0.384. The first-order chi connectivity index (χ1) is 13.1. The molecule has 0 radical (unpaired) electrons. The van der Waals surface area contributed by atoms with Crippen molar-refractivity contribution in [3.63, 3.8) is 0 Å². The summed E-state index contributed by atoms with van der Waals surface area (Å²) in [4.78, 5) is 29.6. The van der Waals surface area contributed by atoms with Gasteiger partial charge < -0.3 is 30.2 Å². The minimum Gasteiger partial charge on any atom is -0.618 e. The number of fused-ring (bicyclic) bond motifs is 2. The van der Waals surface area contributed by atoms with E-state index in [1.54, 1.807) is 26.0 Å². The Bertz CT molecular complexity index is 1120. The van der Waals surface area contributed by atoms with Crippen molar-refractivity contribution in [1.29, 1.82) is 0 Å². The van der Waals surface area contributed by atoms with Gasteiger partial charge in [-0.3, -0.25) is 9.78 Å². The molecule has 11 heteroatoms. The molecule has 28 heavy (non-hydrogen) atoms.